The number of rotatable bonds is 3. The van der Waals surface area contributed by atoms with Crippen LogP contribution < -0.4 is 10.1 Å². The Balaban J connectivity index is 1.60. The van der Waals surface area contributed by atoms with Crippen LogP contribution in [-0.2, 0) is 0 Å². The topological polar surface area (TPSA) is 24.5 Å². The van der Waals surface area contributed by atoms with Crippen LogP contribution in [0.1, 0.15) is 25.7 Å². The molecule has 6 heteroatoms. The van der Waals surface area contributed by atoms with Gasteiger partial charge in [-0.1, -0.05) is 6.42 Å². The van der Waals surface area contributed by atoms with Gasteiger partial charge in [-0.3, -0.25) is 4.90 Å². The second-order valence-corrected chi connectivity index (χ2v) is 5.71. The average Bonchev–Trinajstić information content (AvgIpc) is 2.83. The van der Waals surface area contributed by atoms with Crippen molar-refractivity contribution < 1.29 is 17.9 Å². The summed E-state index contributed by atoms with van der Waals surface area (Å²) in [5, 5.41) is 3.45. The lowest BCUT2D eigenvalue weighted by molar-refractivity contribution is -0.274. The quantitative estimate of drug-likeness (QED) is 0.922. The van der Waals surface area contributed by atoms with Gasteiger partial charge >= 0.3 is 6.36 Å². The van der Waals surface area contributed by atoms with Crippen molar-refractivity contribution >= 4 is 5.69 Å². The van der Waals surface area contributed by atoms with E-state index in [4.69, 9.17) is 0 Å². The van der Waals surface area contributed by atoms with Crippen LogP contribution in [0, 0.1) is 0 Å². The molecule has 2 saturated heterocycles. The fourth-order valence-corrected chi connectivity index (χ4v) is 3.38. The molecule has 0 bridgehead atoms. The Labute approximate surface area is 122 Å². The number of hydrogen-bond acceptors (Lipinski definition) is 3. The lowest BCUT2D eigenvalue weighted by atomic mass is 9.99. The standard InChI is InChI=1S/C15H19F3N2O/c16-15(17,18)21-12-6-4-11(5-7-12)19-13-8-10-20-9-2-1-3-14(13)20/h4-7,13-14,19H,1-3,8-10H2. The average molecular weight is 300 g/mol. The second-order valence-electron chi connectivity index (χ2n) is 5.71. The van der Waals surface area contributed by atoms with Gasteiger partial charge in [0, 0.05) is 24.3 Å². The maximum Gasteiger partial charge on any atom is 0.573 e. The summed E-state index contributed by atoms with van der Waals surface area (Å²) in [4.78, 5) is 2.52. The molecule has 1 N–H and O–H groups in total. The molecule has 0 amide bonds. The predicted molar refractivity (Wildman–Crippen MR) is 74.4 cm³/mol. The molecule has 0 aliphatic carbocycles. The zero-order valence-electron chi connectivity index (χ0n) is 11.7. The molecule has 2 atom stereocenters. The van der Waals surface area contributed by atoms with Crippen LogP contribution in [0.2, 0.25) is 0 Å². The Bertz CT molecular complexity index is 475. The first-order valence-corrected chi connectivity index (χ1v) is 7.38. The van der Waals surface area contributed by atoms with Gasteiger partial charge in [0.2, 0.25) is 0 Å². The van der Waals surface area contributed by atoms with Crippen molar-refractivity contribution in [3.05, 3.63) is 24.3 Å². The number of nitrogens with one attached hydrogen (secondary N) is 1. The highest BCUT2D eigenvalue weighted by Crippen LogP contribution is 2.30. The highest BCUT2D eigenvalue weighted by atomic mass is 19.4. The number of alkyl halides is 3. The highest BCUT2D eigenvalue weighted by molar-refractivity contribution is 5.47. The molecule has 116 valence electrons. The molecule has 0 spiro atoms. The predicted octanol–water partition coefficient (Wildman–Crippen LogP) is 3.62. The molecule has 0 saturated carbocycles. The first-order chi connectivity index (χ1) is 10.0. The van der Waals surface area contributed by atoms with Gasteiger partial charge in [0.15, 0.2) is 0 Å². The van der Waals surface area contributed by atoms with E-state index in [1.807, 2.05) is 0 Å². The monoisotopic (exact) mass is 300 g/mol. The smallest absolute Gasteiger partial charge is 0.406 e. The van der Waals surface area contributed by atoms with Crippen LogP contribution in [0.5, 0.6) is 5.75 Å². The van der Waals surface area contributed by atoms with Gasteiger partial charge in [0.05, 0.1) is 0 Å². The molecular weight excluding hydrogens is 281 g/mol. The van der Waals surface area contributed by atoms with Crippen molar-refractivity contribution in [2.24, 2.45) is 0 Å². The van der Waals surface area contributed by atoms with E-state index in [9.17, 15) is 13.2 Å². The summed E-state index contributed by atoms with van der Waals surface area (Å²) >= 11 is 0. The molecule has 2 fully saturated rings. The minimum absolute atomic E-state index is 0.182. The van der Waals surface area contributed by atoms with Gasteiger partial charge in [-0.25, -0.2) is 0 Å². The number of halogens is 3. The van der Waals surface area contributed by atoms with Gasteiger partial charge < -0.3 is 10.1 Å². The minimum atomic E-state index is -4.64. The highest BCUT2D eigenvalue weighted by Gasteiger charge is 2.35. The molecule has 21 heavy (non-hydrogen) atoms. The second kappa shape index (κ2) is 5.75. The Morgan fingerprint density at radius 3 is 2.52 bits per heavy atom. The first kappa shape index (κ1) is 14.5. The van der Waals surface area contributed by atoms with Crippen molar-refractivity contribution in [1.29, 1.82) is 0 Å². The van der Waals surface area contributed by atoms with E-state index >= 15 is 0 Å². The van der Waals surface area contributed by atoms with E-state index in [0.717, 1.165) is 18.7 Å². The van der Waals surface area contributed by atoms with Crippen LogP contribution in [0.3, 0.4) is 0 Å². The van der Waals surface area contributed by atoms with Gasteiger partial charge in [0.25, 0.3) is 0 Å². The van der Waals surface area contributed by atoms with Crippen molar-refractivity contribution in [2.45, 2.75) is 44.1 Å². The maximum atomic E-state index is 12.1. The number of piperidine rings is 1. The van der Waals surface area contributed by atoms with Gasteiger partial charge in [0.1, 0.15) is 5.75 Å². The Kier molecular flexibility index (Phi) is 3.97. The molecule has 3 nitrogen and oxygen atoms in total. The Hall–Kier alpha value is -1.43. The molecule has 2 heterocycles. The number of benzene rings is 1. The van der Waals surface area contributed by atoms with Crippen LogP contribution in [-0.4, -0.2) is 36.4 Å². The summed E-state index contributed by atoms with van der Waals surface area (Å²) in [6, 6.07) is 6.94. The summed E-state index contributed by atoms with van der Waals surface area (Å²) in [6.07, 6.45) is 0.186. The van der Waals surface area contributed by atoms with E-state index in [1.165, 1.54) is 37.9 Å². The number of anilines is 1. The third kappa shape index (κ3) is 3.61. The van der Waals surface area contributed by atoms with E-state index < -0.39 is 6.36 Å². The molecule has 2 aliphatic heterocycles. The van der Waals surface area contributed by atoms with Gasteiger partial charge in [-0.15, -0.1) is 13.2 Å². The fourth-order valence-electron chi connectivity index (χ4n) is 3.38. The van der Waals surface area contributed by atoms with Gasteiger partial charge in [-0.2, -0.15) is 0 Å². The fraction of sp³-hybridized carbons (Fsp3) is 0.600. The summed E-state index contributed by atoms with van der Waals surface area (Å²) < 4.78 is 40.2. The normalized spacial score (nSPS) is 26.4. The van der Waals surface area contributed by atoms with Crippen LogP contribution in [0.15, 0.2) is 24.3 Å². The summed E-state index contributed by atoms with van der Waals surface area (Å²) in [6.45, 7) is 2.28. The number of fused-ring (bicyclic) bond motifs is 1. The summed E-state index contributed by atoms with van der Waals surface area (Å²) in [5.74, 6) is -0.182. The first-order valence-electron chi connectivity index (χ1n) is 7.38. The Morgan fingerprint density at radius 1 is 1.05 bits per heavy atom. The maximum absolute atomic E-state index is 12.1. The lowest BCUT2D eigenvalue weighted by Gasteiger charge is -2.33. The minimum Gasteiger partial charge on any atom is -0.406 e. The largest absolute Gasteiger partial charge is 0.573 e. The molecule has 3 rings (SSSR count). The zero-order chi connectivity index (χ0) is 14.9. The lowest BCUT2D eigenvalue weighted by Crippen LogP contribution is -2.41. The summed E-state index contributed by atoms with van der Waals surface area (Å²) in [5.41, 5.74) is 0.849. The molecule has 0 aromatic heterocycles. The Morgan fingerprint density at radius 2 is 1.81 bits per heavy atom. The molecule has 2 aliphatic rings. The van der Waals surface area contributed by atoms with Crippen LogP contribution >= 0.6 is 0 Å². The van der Waals surface area contributed by atoms with E-state index in [0.29, 0.717) is 12.1 Å². The van der Waals surface area contributed by atoms with E-state index in [-0.39, 0.29) is 5.75 Å². The molecule has 1 aromatic rings. The van der Waals surface area contributed by atoms with E-state index in [1.54, 1.807) is 12.1 Å². The van der Waals surface area contributed by atoms with Crippen LogP contribution in [0.25, 0.3) is 0 Å². The number of hydrogen-bond donors (Lipinski definition) is 1. The number of ether oxygens (including phenoxy) is 1. The van der Waals surface area contributed by atoms with Crippen molar-refractivity contribution in [3.8, 4) is 5.75 Å². The molecule has 2 unspecified atom stereocenters. The zero-order valence-corrected chi connectivity index (χ0v) is 11.7. The van der Waals surface area contributed by atoms with E-state index in [2.05, 4.69) is 15.0 Å². The van der Waals surface area contributed by atoms with Crippen molar-refractivity contribution in [2.75, 3.05) is 18.4 Å². The number of nitrogens with zero attached hydrogens (tertiary/aromatic N) is 1. The third-order valence-electron chi connectivity index (χ3n) is 4.30. The summed E-state index contributed by atoms with van der Waals surface area (Å²) in [7, 11) is 0. The molecule has 1 aromatic carbocycles. The van der Waals surface area contributed by atoms with Crippen molar-refractivity contribution in [3.63, 3.8) is 0 Å². The SMILES string of the molecule is FC(F)(F)Oc1ccc(NC2CCN3CCCCC23)cc1. The third-order valence-corrected chi connectivity index (χ3v) is 4.30. The molecular formula is C15H19F3N2O. The molecule has 0 radical (unpaired) electrons. The van der Waals surface area contributed by atoms with Crippen LogP contribution in [0.4, 0.5) is 18.9 Å². The van der Waals surface area contributed by atoms with Crippen molar-refractivity contribution in [1.82, 2.24) is 4.90 Å². The van der Waals surface area contributed by atoms with Gasteiger partial charge in [-0.05, 0) is 50.1 Å².